The quantitative estimate of drug-likeness (QED) is 0.732. The lowest BCUT2D eigenvalue weighted by Crippen LogP contribution is -2.41. The predicted octanol–water partition coefficient (Wildman–Crippen LogP) is 2.54. The Bertz CT molecular complexity index is 896. The van der Waals surface area contributed by atoms with Gasteiger partial charge in [-0.1, -0.05) is 12.1 Å². The van der Waals surface area contributed by atoms with Crippen LogP contribution in [-0.4, -0.2) is 58.6 Å². The van der Waals surface area contributed by atoms with E-state index < -0.39 is 0 Å². The number of carbonyl (C=O) groups excluding carboxylic acids is 1. The SMILES string of the molecule is O=C(CN1CCOCC1)Nc1cc(-c2ccccn2)nc(-c2cccs2)n1. The number of nitrogens with zero attached hydrogens (tertiary/aromatic N) is 4. The van der Waals surface area contributed by atoms with E-state index in [2.05, 4.69) is 25.2 Å². The maximum absolute atomic E-state index is 12.5. The minimum absolute atomic E-state index is 0.0975. The maximum atomic E-state index is 12.5. The van der Waals surface area contributed by atoms with Gasteiger partial charge in [-0.15, -0.1) is 11.3 Å². The van der Waals surface area contributed by atoms with E-state index in [-0.39, 0.29) is 5.91 Å². The third-order valence-corrected chi connectivity index (χ3v) is 5.00. The van der Waals surface area contributed by atoms with Crippen molar-refractivity contribution >= 4 is 23.1 Å². The maximum Gasteiger partial charge on any atom is 0.239 e. The molecule has 4 heterocycles. The highest BCUT2D eigenvalue weighted by molar-refractivity contribution is 7.13. The highest BCUT2D eigenvalue weighted by Crippen LogP contribution is 2.26. The van der Waals surface area contributed by atoms with Crippen molar-refractivity contribution in [3.8, 4) is 22.1 Å². The zero-order valence-electron chi connectivity index (χ0n) is 14.7. The van der Waals surface area contributed by atoms with Gasteiger partial charge in [0.1, 0.15) is 5.82 Å². The molecule has 1 saturated heterocycles. The third-order valence-electron chi connectivity index (χ3n) is 4.13. The summed E-state index contributed by atoms with van der Waals surface area (Å²) in [6, 6.07) is 11.3. The Morgan fingerprint density at radius 2 is 2.04 bits per heavy atom. The van der Waals surface area contributed by atoms with Crippen molar-refractivity contribution in [3.63, 3.8) is 0 Å². The van der Waals surface area contributed by atoms with Crippen LogP contribution in [0, 0.1) is 0 Å². The summed E-state index contributed by atoms with van der Waals surface area (Å²) in [6.07, 6.45) is 1.72. The smallest absolute Gasteiger partial charge is 0.239 e. The van der Waals surface area contributed by atoms with Crippen LogP contribution in [0.5, 0.6) is 0 Å². The average Bonchev–Trinajstić information content (AvgIpc) is 3.24. The largest absolute Gasteiger partial charge is 0.379 e. The van der Waals surface area contributed by atoms with Crippen LogP contribution in [0.2, 0.25) is 0 Å². The van der Waals surface area contributed by atoms with Crippen LogP contribution in [0.15, 0.2) is 48.0 Å². The summed E-state index contributed by atoms with van der Waals surface area (Å²) in [5, 5.41) is 4.88. The lowest BCUT2D eigenvalue weighted by molar-refractivity contribution is -0.118. The zero-order valence-corrected chi connectivity index (χ0v) is 15.5. The van der Waals surface area contributed by atoms with E-state index in [0.717, 1.165) is 23.7 Å². The molecule has 0 bridgehead atoms. The lowest BCUT2D eigenvalue weighted by Gasteiger charge is -2.25. The van der Waals surface area contributed by atoms with E-state index in [1.165, 1.54) is 0 Å². The number of ether oxygens (including phenoxy) is 1. The van der Waals surface area contributed by atoms with Crippen LogP contribution in [-0.2, 0) is 9.53 Å². The van der Waals surface area contributed by atoms with Crippen molar-refractivity contribution in [1.29, 1.82) is 0 Å². The molecule has 1 fully saturated rings. The molecular formula is C19H19N5O2S. The second-order valence-corrected chi connectivity index (χ2v) is 7.04. The molecule has 1 aliphatic heterocycles. The summed E-state index contributed by atoms with van der Waals surface area (Å²) in [4.78, 5) is 29.0. The van der Waals surface area contributed by atoms with E-state index in [0.29, 0.717) is 37.1 Å². The lowest BCUT2D eigenvalue weighted by atomic mass is 10.2. The number of anilines is 1. The van der Waals surface area contributed by atoms with Crippen LogP contribution >= 0.6 is 11.3 Å². The average molecular weight is 381 g/mol. The Labute approximate surface area is 161 Å². The van der Waals surface area contributed by atoms with Crippen molar-refractivity contribution in [2.75, 3.05) is 38.2 Å². The number of morpholine rings is 1. The van der Waals surface area contributed by atoms with Gasteiger partial charge in [0, 0.05) is 25.4 Å². The zero-order chi connectivity index (χ0) is 18.5. The molecule has 3 aromatic heterocycles. The number of amides is 1. The first-order valence-corrected chi connectivity index (χ1v) is 9.60. The summed E-state index contributed by atoms with van der Waals surface area (Å²) >= 11 is 1.56. The van der Waals surface area contributed by atoms with Crippen molar-refractivity contribution in [1.82, 2.24) is 19.9 Å². The second-order valence-electron chi connectivity index (χ2n) is 6.09. The van der Waals surface area contributed by atoms with Gasteiger partial charge < -0.3 is 10.1 Å². The second kappa shape index (κ2) is 8.34. The Kier molecular flexibility index (Phi) is 5.47. The molecule has 27 heavy (non-hydrogen) atoms. The number of aromatic nitrogens is 3. The number of hydrogen-bond donors (Lipinski definition) is 1. The molecule has 0 atom stereocenters. The van der Waals surface area contributed by atoms with E-state index in [9.17, 15) is 4.79 Å². The number of pyridine rings is 1. The van der Waals surface area contributed by atoms with Gasteiger partial charge in [0.05, 0.1) is 36.0 Å². The Hall–Kier alpha value is -2.68. The van der Waals surface area contributed by atoms with Crippen molar-refractivity contribution in [3.05, 3.63) is 48.0 Å². The first-order chi connectivity index (χ1) is 13.3. The van der Waals surface area contributed by atoms with Gasteiger partial charge >= 0.3 is 0 Å². The number of thiophene rings is 1. The van der Waals surface area contributed by atoms with Crippen LogP contribution in [0.4, 0.5) is 5.82 Å². The number of rotatable bonds is 5. The fraction of sp³-hybridized carbons (Fsp3) is 0.263. The fourth-order valence-electron chi connectivity index (χ4n) is 2.82. The first-order valence-electron chi connectivity index (χ1n) is 8.72. The first kappa shape index (κ1) is 17.7. The summed E-state index contributed by atoms with van der Waals surface area (Å²) in [5.41, 5.74) is 1.41. The van der Waals surface area contributed by atoms with Gasteiger partial charge in [0.2, 0.25) is 5.91 Å². The van der Waals surface area contributed by atoms with Gasteiger partial charge in [0.25, 0.3) is 0 Å². The fourth-order valence-corrected chi connectivity index (χ4v) is 3.48. The van der Waals surface area contributed by atoms with E-state index in [1.54, 1.807) is 23.6 Å². The van der Waals surface area contributed by atoms with Crippen LogP contribution < -0.4 is 5.32 Å². The topological polar surface area (TPSA) is 80.2 Å². The standard InChI is InChI=1S/C19H19N5O2S/c25-18(13-24-7-9-26-10-8-24)22-17-12-15(14-4-1-2-6-20-14)21-19(23-17)16-5-3-11-27-16/h1-6,11-12H,7-10,13H2,(H,21,22,23,25). The summed E-state index contributed by atoms with van der Waals surface area (Å²) in [7, 11) is 0. The molecule has 1 aliphatic rings. The monoisotopic (exact) mass is 381 g/mol. The molecule has 0 aromatic carbocycles. The van der Waals surface area contributed by atoms with Gasteiger partial charge in [0.15, 0.2) is 5.82 Å². The predicted molar refractivity (Wildman–Crippen MR) is 104 cm³/mol. The van der Waals surface area contributed by atoms with E-state index in [4.69, 9.17) is 4.74 Å². The number of carbonyl (C=O) groups is 1. The molecule has 3 aromatic rings. The molecule has 0 unspecified atom stereocenters. The number of nitrogens with one attached hydrogen (secondary N) is 1. The molecule has 4 rings (SSSR count). The van der Waals surface area contributed by atoms with Crippen LogP contribution in [0.3, 0.4) is 0 Å². The Morgan fingerprint density at radius 3 is 2.78 bits per heavy atom. The van der Waals surface area contributed by atoms with Crippen molar-refractivity contribution in [2.24, 2.45) is 0 Å². The van der Waals surface area contributed by atoms with Gasteiger partial charge in [-0.25, -0.2) is 9.97 Å². The third kappa shape index (κ3) is 4.54. The molecule has 7 nitrogen and oxygen atoms in total. The summed E-state index contributed by atoms with van der Waals surface area (Å²) in [5.74, 6) is 0.960. The molecule has 138 valence electrons. The highest BCUT2D eigenvalue weighted by atomic mass is 32.1. The van der Waals surface area contributed by atoms with Gasteiger partial charge in [-0.3, -0.25) is 14.7 Å². The molecule has 0 radical (unpaired) electrons. The van der Waals surface area contributed by atoms with Crippen LogP contribution in [0.25, 0.3) is 22.1 Å². The van der Waals surface area contributed by atoms with Crippen molar-refractivity contribution in [2.45, 2.75) is 0 Å². The molecule has 0 saturated carbocycles. The summed E-state index contributed by atoms with van der Waals surface area (Å²) in [6.45, 7) is 3.16. The molecule has 0 spiro atoms. The number of hydrogen-bond acceptors (Lipinski definition) is 7. The van der Waals surface area contributed by atoms with E-state index >= 15 is 0 Å². The minimum Gasteiger partial charge on any atom is -0.379 e. The van der Waals surface area contributed by atoms with E-state index in [1.807, 2.05) is 35.7 Å². The normalized spacial score (nSPS) is 14.8. The van der Waals surface area contributed by atoms with Gasteiger partial charge in [-0.05, 0) is 23.6 Å². The molecular weight excluding hydrogens is 362 g/mol. The Balaban J connectivity index is 1.59. The molecule has 1 amide bonds. The minimum atomic E-state index is -0.0975. The van der Waals surface area contributed by atoms with Crippen molar-refractivity contribution < 1.29 is 9.53 Å². The summed E-state index contributed by atoms with van der Waals surface area (Å²) < 4.78 is 5.32. The highest BCUT2D eigenvalue weighted by Gasteiger charge is 2.16. The molecule has 8 heteroatoms. The Morgan fingerprint density at radius 1 is 1.15 bits per heavy atom. The molecule has 0 aliphatic carbocycles. The van der Waals surface area contributed by atoms with Crippen LogP contribution in [0.1, 0.15) is 0 Å². The van der Waals surface area contributed by atoms with Gasteiger partial charge in [-0.2, -0.15) is 0 Å². The molecule has 1 N–H and O–H groups in total.